The van der Waals surface area contributed by atoms with Gasteiger partial charge in [0.1, 0.15) is 0 Å². The van der Waals surface area contributed by atoms with Crippen LogP contribution < -0.4 is 10.2 Å². The van der Waals surface area contributed by atoms with Crippen LogP contribution in [0.4, 0.5) is 5.95 Å². The quantitative estimate of drug-likeness (QED) is 0.906. The van der Waals surface area contributed by atoms with Crippen molar-refractivity contribution >= 4 is 23.2 Å². The summed E-state index contributed by atoms with van der Waals surface area (Å²) in [7, 11) is 0. The highest BCUT2D eigenvalue weighted by molar-refractivity contribution is 7.07. The fraction of sp³-hybridized carbons (Fsp3) is 0.500. The van der Waals surface area contributed by atoms with Crippen LogP contribution in [0.15, 0.2) is 22.9 Å². The van der Waals surface area contributed by atoms with Gasteiger partial charge in [-0.3, -0.25) is 4.79 Å². The van der Waals surface area contributed by atoms with Crippen LogP contribution in [0.25, 0.3) is 0 Å². The zero-order valence-electron chi connectivity index (χ0n) is 14.3. The number of nitrogens with zero attached hydrogens (tertiary/aromatic N) is 3. The Balaban J connectivity index is 1.44. The molecule has 2 aromatic heterocycles. The Morgan fingerprint density at radius 3 is 2.62 bits per heavy atom. The van der Waals surface area contributed by atoms with Gasteiger partial charge in [-0.05, 0) is 61.1 Å². The number of carbonyl (C=O) groups is 1. The molecule has 24 heavy (non-hydrogen) atoms. The first-order valence-electron chi connectivity index (χ1n) is 8.45. The van der Waals surface area contributed by atoms with E-state index >= 15 is 0 Å². The molecule has 1 amide bonds. The second-order valence-corrected chi connectivity index (χ2v) is 7.27. The molecule has 0 spiro atoms. The van der Waals surface area contributed by atoms with Crippen molar-refractivity contribution in [1.29, 1.82) is 0 Å². The summed E-state index contributed by atoms with van der Waals surface area (Å²) in [5, 5.41) is 7.12. The maximum absolute atomic E-state index is 12.0. The highest BCUT2D eigenvalue weighted by Gasteiger charge is 2.21. The number of hydrogen-bond donors (Lipinski definition) is 1. The Morgan fingerprint density at radius 2 is 2.00 bits per heavy atom. The van der Waals surface area contributed by atoms with Gasteiger partial charge in [-0.15, -0.1) is 0 Å². The second-order valence-electron chi connectivity index (χ2n) is 6.49. The summed E-state index contributed by atoms with van der Waals surface area (Å²) in [6, 6.07) is 4.01. The van der Waals surface area contributed by atoms with Crippen LogP contribution >= 0.6 is 11.3 Å². The zero-order chi connectivity index (χ0) is 16.9. The lowest BCUT2D eigenvalue weighted by atomic mass is 9.97. The number of hydrogen-bond acceptors (Lipinski definition) is 5. The first-order valence-corrected chi connectivity index (χ1v) is 9.39. The molecule has 0 aliphatic carbocycles. The standard InChI is InChI=1S/C18H24N4OS/c1-13-9-14(2)21-18(20-13)22-6-3-15(4-7-22)11-19-17(23)10-16-5-8-24-12-16/h5,8-9,12,15H,3-4,6-7,10-11H2,1-2H3,(H,19,23). The van der Waals surface area contributed by atoms with Crippen molar-refractivity contribution in [2.24, 2.45) is 5.92 Å². The Morgan fingerprint density at radius 1 is 1.29 bits per heavy atom. The molecule has 3 rings (SSSR count). The Labute approximate surface area is 147 Å². The third-order valence-corrected chi connectivity index (χ3v) is 5.13. The van der Waals surface area contributed by atoms with Gasteiger partial charge >= 0.3 is 0 Å². The van der Waals surface area contributed by atoms with E-state index in [1.807, 2.05) is 36.7 Å². The molecule has 2 aromatic rings. The van der Waals surface area contributed by atoms with E-state index < -0.39 is 0 Å². The summed E-state index contributed by atoms with van der Waals surface area (Å²) < 4.78 is 0. The fourth-order valence-electron chi connectivity index (χ4n) is 3.09. The van der Waals surface area contributed by atoms with E-state index in [4.69, 9.17) is 0 Å². The van der Waals surface area contributed by atoms with E-state index in [2.05, 4.69) is 20.2 Å². The van der Waals surface area contributed by atoms with Crippen molar-refractivity contribution < 1.29 is 4.79 Å². The summed E-state index contributed by atoms with van der Waals surface area (Å²) >= 11 is 1.63. The van der Waals surface area contributed by atoms with Gasteiger partial charge in [0.25, 0.3) is 0 Å². The minimum atomic E-state index is 0.119. The topological polar surface area (TPSA) is 58.1 Å². The molecule has 1 N–H and O–H groups in total. The predicted molar refractivity (Wildman–Crippen MR) is 97.5 cm³/mol. The minimum absolute atomic E-state index is 0.119. The summed E-state index contributed by atoms with van der Waals surface area (Å²) in [6.07, 6.45) is 2.61. The molecular weight excluding hydrogens is 320 g/mol. The van der Waals surface area contributed by atoms with Crippen molar-refractivity contribution in [1.82, 2.24) is 15.3 Å². The maximum Gasteiger partial charge on any atom is 0.225 e. The van der Waals surface area contributed by atoms with Crippen molar-refractivity contribution in [3.05, 3.63) is 39.8 Å². The van der Waals surface area contributed by atoms with Gasteiger partial charge in [-0.2, -0.15) is 11.3 Å². The summed E-state index contributed by atoms with van der Waals surface area (Å²) in [6.45, 7) is 6.69. The number of nitrogens with one attached hydrogen (secondary N) is 1. The highest BCUT2D eigenvalue weighted by atomic mass is 32.1. The lowest BCUT2D eigenvalue weighted by Gasteiger charge is -2.32. The number of carbonyl (C=O) groups excluding carboxylic acids is 1. The third-order valence-electron chi connectivity index (χ3n) is 4.40. The fourth-order valence-corrected chi connectivity index (χ4v) is 3.75. The van der Waals surface area contributed by atoms with E-state index in [0.29, 0.717) is 12.3 Å². The van der Waals surface area contributed by atoms with Crippen molar-refractivity contribution in [2.45, 2.75) is 33.1 Å². The predicted octanol–water partition coefficient (Wildman–Crippen LogP) is 2.73. The van der Waals surface area contributed by atoms with E-state index in [9.17, 15) is 4.79 Å². The first-order chi connectivity index (χ1) is 11.6. The molecule has 128 valence electrons. The highest BCUT2D eigenvalue weighted by Crippen LogP contribution is 2.20. The van der Waals surface area contributed by atoms with E-state index in [1.54, 1.807) is 11.3 Å². The van der Waals surface area contributed by atoms with Crippen LogP contribution in [-0.4, -0.2) is 35.5 Å². The molecule has 0 saturated carbocycles. The van der Waals surface area contributed by atoms with Crippen LogP contribution in [0, 0.1) is 19.8 Å². The molecular formula is C18H24N4OS. The zero-order valence-corrected chi connectivity index (χ0v) is 15.1. The molecule has 0 radical (unpaired) electrons. The van der Waals surface area contributed by atoms with Crippen LogP contribution in [0.5, 0.6) is 0 Å². The van der Waals surface area contributed by atoms with Crippen LogP contribution in [0.2, 0.25) is 0 Å². The minimum Gasteiger partial charge on any atom is -0.356 e. The summed E-state index contributed by atoms with van der Waals surface area (Å²) in [5.74, 6) is 1.50. The number of thiophene rings is 1. The first kappa shape index (κ1) is 16.9. The van der Waals surface area contributed by atoms with Crippen LogP contribution in [0.3, 0.4) is 0 Å². The molecule has 3 heterocycles. The molecule has 1 fully saturated rings. The molecule has 0 aromatic carbocycles. The lowest BCUT2D eigenvalue weighted by Crippen LogP contribution is -2.39. The smallest absolute Gasteiger partial charge is 0.225 e. The number of aromatic nitrogens is 2. The van der Waals surface area contributed by atoms with Gasteiger partial charge in [0, 0.05) is 31.0 Å². The van der Waals surface area contributed by atoms with Crippen molar-refractivity contribution in [3.63, 3.8) is 0 Å². The number of rotatable bonds is 5. The number of amides is 1. The molecule has 0 unspecified atom stereocenters. The Kier molecular flexibility index (Phi) is 5.45. The van der Waals surface area contributed by atoms with Gasteiger partial charge in [0.15, 0.2) is 0 Å². The summed E-state index contributed by atoms with van der Waals surface area (Å²) in [5.41, 5.74) is 3.12. The van der Waals surface area contributed by atoms with Gasteiger partial charge in [-0.25, -0.2) is 9.97 Å². The second kappa shape index (κ2) is 7.75. The molecule has 1 aliphatic heterocycles. The van der Waals surface area contributed by atoms with E-state index in [-0.39, 0.29) is 5.91 Å². The van der Waals surface area contributed by atoms with Gasteiger partial charge in [0.2, 0.25) is 11.9 Å². The van der Waals surface area contributed by atoms with Crippen molar-refractivity contribution in [2.75, 3.05) is 24.5 Å². The van der Waals surface area contributed by atoms with E-state index in [0.717, 1.165) is 55.4 Å². The molecule has 0 atom stereocenters. The normalized spacial score (nSPS) is 15.5. The molecule has 6 heteroatoms. The van der Waals surface area contributed by atoms with Gasteiger partial charge in [-0.1, -0.05) is 0 Å². The average Bonchev–Trinajstić information content (AvgIpc) is 3.05. The monoisotopic (exact) mass is 344 g/mol. The Hall–Kier alpha value is -1.95. The third kappa shape index (κ3) is 4.54. The van der Waals surface area contributed by atoms with Gasteiger partial charge in [0.05, 0.1) is 6.42 Å². The van der Waals surface area contributed by atoms with Crippen molar-refractivity contribution in [3.8, 4) is 0 Å². The molecule has 5 nitrogen and oxygen atoms in total. The number of anilines is 1. The SMILES string of the molecule is Cc1cc(C)nc(N2CCC(CNC(=O)Cc3ccsc3)CC2)n1. The number of piperidine rings is 1. The van der Waals surface area contributed by atoms with Crippen LogP contribution in [0.1, 0.15) is 29.8 Å². The maximum atomic E-state index is 12.0. The lowest BCUT2D eigenvalue weighted by molar-refractivity contribution is -0.120. The van der Waals surface area contributed by atoms with E-state index in [1.165, 1.54) is 0 Å². The molecule has 1 aliphatic rings. The van der Waals surface area contributed by atoms with Gasteiger partial charge < -0.3 is 10.2 Å². The summed E-state index contributed by atoms with van der Waals surface area (Å²) in [4.78, 5) is 23.3. The Bertz CT molecular complexity index is 658. The average molecular weight is 344 g/mol. The molecule has 0 bridgehead atoms. The molecule has 1 saturated heterocycles. The number of aryl methyl sites for hydroxylation is 2. The largest absolute Gasteiger partial charge is 0.356 e. The van der Waals surface area contributed by atoms with Crippen LogP contribution in [-0.2, 0) is 11.2 Å².